The van der Waals surface area contributed by atoms with E-state index < -0.39 is 38.9 Å². The Bertz CT molecular complexity index is 1580. The molecule has 3 rings (SSSR count). The van der Waals surface area contributed by atoms with Gasteiger partial charge in [0, 0.05) is 31.0 Å². The van der Waals surface area contributed by atoms with E-state index in [-0.39, 0.29) is 67.4 Å². The smallest absolute Gasteiger partial charge is 0.389 e. The fourth-order valence-corrected chi connectivity index (χ4v) is 5.14. The molecule has 2 aromatic heterocycles. The summed E-state index contributed by atoms with van der Waals surface area (Å²) in [6, 6.07) is 2.95. The number of ether oxygens (including phenoxy) is 5. The van der Waals surface area contributed by atoms with Crippen LogP contribution in [0.4, 0.5) is 29.2 Å². The standard InChI is InChI=1S/C30H43F4N7O8S.ClH/c1-29(2,42)21-41-20-22(18-37-41)27-24(30(32,33)34)19-36-28(40-27)39-26-4-3-23(17-25(26)31)50(43,44)38-6-8-46-10-12-48-14-16-49-15-13-47-11-9-45-7-5-35;/h3-4,17-20,38,42H,5-16,21,35H2,1-2H3,(H,36,39,40);1H. The average Bonchev–Trinajstić information content (AvgIpc) is 3.49. The molecule has 2 heterocycles. The molecule has 5 N–H and O–H groups in total. The highest BCUT2D eigenvalue weighted by atomic mass is 35.5. The van der Waals surface area contributed by atoms with Crippen molar-refractivity contribution in [3.05, 3.63) is 48.2 Å². The molecule has 0 aliphatic rings. The molecule has 288 valence electrons. The topological polar surface area (TPSA) is 194 Å². The molecule has 0 radical (unpaired) electrons. The Morgan fingerprint density at radius 2 is 1.47 bits per heavy atom. The number of rotatable bonds is 24. The number of halogens is 5. The molecular weight excluding hydrogens is 730 g/mol. The molecule has 51 heavy (non-hydrogen) atoms. The third-order valence-electron chi connectivity index (χ3n) is 6.34. The fraction of sp³-hybridized carbons (Fsp3) is 0.567. The van der Waals surface area contributed by atoms with Crippen LogP contribution in [0.15, 0.2) is 41.7 Å². The fourth-order valence-electron chi connectivity index (χ4n) is 4.12. The van der Waals surface area contributed by atoms with Gasteiger partial charge in [0.1, 0.15) is 11.4 Å². The minimum absolute atomic E-state index is 0. The van der Waals surface area contributed by atoms with E-state index in [1.807, 2.05) is 0 Å². The lowest BCUT2D eigenvalue weighted by Gasteiger charge is -2.16. The van der Waals surface area contributed by atoms with Crippen LogP contribution >= 0.6 is 12.4 Å². The maximum Gasteiger partial charge on any atom is 0.419 e. The van der Waals surface area contributed by atoms with Gasteiger partial charge in [-0.25, -0.2) is 27.5 Å². The normalized spacial score (nSPS) is 12.2. The van der Waals surface area contributed by atoms with Crippen molar-refractivity contribution in [3.8, 4) is 11.3 Å². The molecular formula is C30H44ClF4N7O8S. The van der Waals surface area contributed by atoms with Crippen molar-refractivity contribution in [1.82, 2.24) is 24.5 Å². The predicted octanol–water partition coefficient (Wildman–Crippen LogP) is 2.75. The van der Waals surface area contributed by atoms with Crippen LogP contribution in [0.2, 0.25) is 0 Å². The Hall–Kier alpha value is -3.05. The molecule has 0 atom stereocenters. The summed E-state index contributed by atoms with van der Waals surface area (Å²) < 4.78 is 112. The third-order valence-corrected chi connectivity index (χ3v) is 7.79. The summed E-state index contributed by atoms with van der Waals surface area (Å²) in [6.45, 7) is 6.88. The quantitative estimate of drug-likeness (QED) is 0.0768. The summed E-state index contributed by atoms with van der Waals surface area (Å²) in [7, 11) is -4.12. The van der Waals surface area contributed by atoms with Crippen molar-refractivity contribution >= 4 is 34.1 Å². The number of nitrogens with zero attached hydrogens (tertiary/aromatic N) is 4. The molecule has 0 aliphatic heterocycles. The lowest BCUT2D eigenvalue weighted by atomic mass is 10.1. The van der Waals surface area contributed by atoms with Gasteiger partial charge in [0.2, 0.25) is 16.0 Å². The van der Waals surface area contributed by atoms with Crippen molar-refractivity contribution in [2.75, 3.05) is 84.5 Å². The number of hydrogen-bond donors (Lipinski definition) is 4. The van der Waals surface area contributed by atoms with E-state index in [9.17, 15) is 31.1 Å². The Morgan fingerprint density at radius 3 is 2.00 bits per heavy atom. The molecule has 0 saturated heterocycles. The number of hydrogen-bond acceptors (Lipinski definition) is 13. The van der Waals surface area contributed by atoms with E-state index >= 15 is 0 Å². The van der Waals surface area contributed by atoms with Gasteiger partial charge in [-0.05, 0) is 32.0 Å². The zero-order chi connectivity index (χ0) is 36.6. The van der Waals surface area contributed by atoms with Gasteiger partial charge >= 0.3 is 6.18 Å². The van der Waals surface area contributed by atoms with Crippen LogP contribution in [-0.4, -0.2) is 118 Å². The number of anilines is 2. The largest absolute Gasteiger partial charge is 0.419 e. The van der Waals surface area contributed by atoms with Gasteiger partial charge in [-0.2, -0.15) is 18.3 Å². The Labute approximate surface area is 299 Å². The minimum atomic E-state index is -4.81. The summed E-state index contributed by atoms with van der Waals surface area (Å²) in [6.07, 6.45) is -1.83. The monoisotopic (exact) mass is 773 g/mol. The van der Waals surface area contributed by atoms with E-state index in [2.05, 4.69) is 25.1 Å². The van der Waals surface area contributed by atoms with E-state index in [0.717, 1.165) is 24.4 Å². The first-order valence-corrected chi connectivity index (χ1v) is 17.0. The SMILES string of the molecule is CC(C)(O)Cn1cc(-c2nc(Nc3ccc(S(=O)(=O)NCCOCCOCCOCCOCCOCCN)cc3F)ncc2C(F)(F)F)cn1.Cl. The van der Waals surface area contributed by atoms with Crippen LogP contribution in [0.25, 0.3) is 11.3 Å². The number of aliphatic hydroxyl groups is 1. The van der Waals surface area contributed by atoms with E-state index in [1.165, 1.54) is 24.7 Å². The second-order valence-corrected chi connectivity index (χ2v) is 13.0. The summed E-state index contributed by atoms with van der Waals surface area (Å²) in [5, 5.41) is 16.5. The Morgan fingerprint density at radius 1 is 0.902 bits per heavy atom. The first kappa shape index (κ1) is 44.1. The molecule has 0 spiro atoms. The molecule has 3 aromatic rings. The minimum Gasteiger partial charge on any atom is -0.389 e. The molecule has 0 unspecified atom stereocenters. The van der Waals surface area contributed by atoms with Gasteiger partial charge < -0.3 is 39.8 Å². The van der Waals surface area contributed by atoms with Crippen molar-refractivity contribution in [2.24, 2.45) is 5.73 Å². The first-order chi connectivity index (χ1) is 23.7. The highest BCUT2D eigenvalue weighted by Gasteiger charge is 2.36. The van der Waals surface area contributed by atoms with Gasteiger partial charge in [0.25, 0.3) is 0 Å². The van der Waals surface area contributed by atoms with E-state index in [4.69, 9.17) is 29.4 Å². The highest BCUT2D eigenvalue weighted by Crippen LogP contribution is 2.36. The molecule has 1 aromatic carbocycles. The van der Waals surface area contributed by atoms with Gasteiger partial charge in [0.15, 0.2) is 0 Å². The highest BCUT2D eigenvalue weighted by molar-refractivity contribution is 7.89. The molecule has 15 nitrogen and oxygen atoms in total. The molecule has 0 fully saturated rings. The van der Waals surface area contributed by atoms with Crippen LogP contribution < -0.4 is 15.8 Å². The maximum absolute atomic E-state index is 15.0. The lowest BCUT2D eigenvalue weighted by molar-refractivity contribution is -0.137. The Kier molecular flexibility index (Phi) is 18.6. The molecule has 0 aliphatic carbocycles. The second-order valence-electron chi connectivity index (χ2n) is 11.2. The van der Waals surface area contributed by atoms with Crippen molar-refractivity contribution in [1.29, 1.82) is 0 Å². The van der Waals surface area contributed by atoms with E-state index in [1.54, 1.807) is 0 Å². The van der Waals surface area contributed by atoms with E-state index in [0.29, 0.717) is 59.0 Å². The van der Waals surface area contributed by atoms with Crippen LogP contribution in [0.5, 0.6) is 0 Å². The first-order valence-electron chi connectivity index (χ1n) is 15.5. The zero-order valence-corrected chi connectivity index (χ0v) is 29.8. The number of nitrogens with two attached hydrogens (primary N) is 1. The van der Waals surface area contributed by atoms with Crippen LogP contribution in [0.3, 0.4) is 0 Å². The van der Waals surface area contributed by atoms with Crippen molar-refractivity contribution in [2.45, 2.75) is 37.1 Å². The van der Waals surface area contributed by atoms with Crippen molar-refractivity contribution < 1.29 is 54.8 Å². The molecule has 0 saturated carbocycles. The number of nitrogens with one attached hydrogen (secondary N) is 2. The molecule has 0 amide bonds. The average molecular weight is 774 g/mol. The third kappa shape index (κ3) is 16.0. The van der Waals surface area contributed by atoms with Gasteiger partial charge in [0.05, 0.1) is 101 Å². The van der Waals surface area contributed by atoms with Crippen LogP contribution in [0.1, 0.15) is 19.4 Å². The number of sulfonamides is 1. The summed E-state index contributed by atoms with van der Waals surface area (Å²) in [5.74, 6) is -1.40. The summed E-state index contributed by atoms with van der Waals surface area (Å²) in [5.41, 5.74) is 2.16. The van der Waals surface area contributed by atoms with Crippen molar-refractivity contribution in [3.63, 3.8) is 0 Å². The Balaban J connectivity index is 0.00000901. The van der Waals surface area contributed by atoms with Gasteiger partial charge in [-0.3, -0.25) is 4.68 Å². The van der Waals surface area contributed by atoms with Gasteiger partial charge in [-0.1, -0.05) is 0 Å². The molecule has 0 bridgehead atoms. The van der Waals surface area contributed by atoms with Gasteiger partial charge in [-0.15, -0.1) is 12.4 Å². The van der Waals surface area contributed by atoms with Crippen LogP contribution in [-0.2, 0) is 46.4 Å². The predicted molar refractivity (Wildman–Crippen MR) is 180 cm³/mol. The maximum atomic E-state index is 15.0. The molecule has 21 heteroatoms. The summed E-state index contributed by atoms with van der Waals surface area (Å²) in [4.78, 5) is 7.22. The summed E-state index contributed by atoms with van der Waals surface area (Å²) >= 11 is 0. The number of benzene rings is 1. The number of aromatic nitrogens is 4. The van der Waals surface area contributed by atoms with Crippen LogP contribution in [0, 0.1) is 5.82 Å². The lowest BCUT2D eigenvalue weighted by Crippen LogP contribution is -2.28. The number of alkyl halides is 3. The zero-order valence-electron chi connectivity index (χ0n) is 28.2. The second kappa shape index (κ2) is 21.5.